The van der Waals surface area contributed by atoms with Gasteiger partial charge in [0, 0.05) is 13.8 Å². The van der Waals surface area contributed by atoms with Crippen LogP contribution in [0.2, 0.25) is 0 Å². The molecule has 0 fully saturated rings. The number of ether oxygens (including phenoxy) is 4. The maximum Gasteiger partial charge on any atom is 0.303 e. The molecule has 0 aromatic heterocycles. The van der Waals surface area contributed by atoms with Crippen molar-refractivity contribution >= 4 is 23.8 Å². The van der Waals surface area contributed by atoms with Gasteiger partial charge in [0.2, 0.25) is 0 Å². The summed E-state index contributed by atoms with van der Waals surface area (Å²) in [6.45, 7) is 4.14. The Morgan fingerprint density at radius 3 is 2.27 bits per heavy atom. The zero-order valence-electron chi connectivity index (χ0n) is 16.9. The molecule has 2 aliphatic heterocycles. The Morgan fingerprint density at radius 2 is 1.70 bits per heavy atom. The summed E-state index contributed by atoms with van der Waals surface area (Å²) in [5, 5.41) is 0. The maximum atomic E-state index is 12.6. The van der Waals surface area contributed by atoms with Crippen LogP contribution in [0.4, 0.5) is 0 Å². The Labute approximate surface area is 173 Å². The van der Waals surface area contributed by atoms with Crippen LogP contribution in [0.5, 0.6) is 0 Å². The highest BCUT2D eigenvalue weighted by molar-refractivity contribution is 6.21. The molecular formula is C21H23NO8. The fraction of sp³-hybridized carbons (Fsp3) is 0.429. The summed E-state index contributed by atoms with van der Waals surface area (Å²) >= 11 is 0. The minimum absolute atomic E-state index is 0.0268. The number of fused-ring (bicyclic) bond motifs is 1. The van der Waals surface area contributed by atoms with Crippen LogP contribution in [-0.4, -0.2) is 66.4 Å². The Bertz CT molecular complexity index is 845. The molecular weight excluding hydrogens is 394 g/mol. The Balaban J connectivity index is 1.61. The van der Waals surface area contributed by atoms with Gasteiger partial charge in [-0.3, -0.25) is 24.1 Å². The molecule has 160 valence electrons. The summed E-state index contributed by atoms with van der Waals surface area (Å²) < 4.78 is 21.6. The third-order valence-corrected chi connectivity index (χ3v) is 4.65. The van der Waals surface area contributed by atoms with Crippen molar-refractivity contribution in [3.63, 3.8) is 0 Å². The Morgan fingerprint density at radius 1 is 1.07 bits per heavy atom. The molecule has 1 aromatic rings. The van der Waals surface area contributed by atoms with Crippen molar-refractivity contribution in [2.45, 2.75) is 45.3 Å². The van der Waals surface area contributed by atoms with Crippen molar-refractivity contribution in [3.05, 3.63) is 47.5 Å². The number of carbonyl (C=O) groups excluding carboxylic acids is 4. The topological polar surface area (TPSA) is 108 Å². The predicted octanol–water partition coefficient (Wildman–Crippen LogP) is 1.46. The molecule has 0 spiro atoms. The van der Waals surface area contributed by atoms with E-state index in [-0.39, 0.29) is 25.0 Å². The minimum atomic E-state index is -0.824. The average Bonchev–Trinajstić information content (AvgIpc) is 2.96. The lowest BCUT2D eigenvalue weighted by Crippen LogP contribution is -2.44. The number of nitrogens with zero attached hydrogens (tertiary/aromatic N) is 1. The van der Waals surface area contributed by atoms with E-state index in [0.717, 1.165) is 4.90 Å². The molecule has 4 atom stereocenters. The molecule has 0 bridgehead atoms. The van der Waals surface area contributed by atoms with Gasteiger partial charge in [-0.1, -0.05) is 12.1 Å². The third kappa shape index (κ3) is 4.74. The highest BCUT2D eigenvalue weighted by Crippen LogP contribution is 2.25. The van der Waals surface area contributed by atoms with Crippen LogP contribution in [0.15, 0.2) is 36.4 Å². The molecule has 2 amide bonds. The molecule has 1 aromatic carbocycles. The molecule has 30 heavy (non-hydrogen) atoms. The second kappa shape index (κ2) is 9.19. The quantitative estimate of drug-likeness (QED) is 0.373. The van der Waals surface area contributed by atoms with E-state index >= 15 is 0 Å². The molecule has 0 saturated heterocycles. The van der Waals surface area contributed by atoms with Crippen molar-refractivity contribution in [1.82, 2.24) is 4.90 Å². The third-order valence-electron chi connectivity index (χ3n) is 4.65. The fourth-order valence-corrected chi connectivity index (χ4v) is 3.27. The van der Waals surface area contributed by atoms with Crippen molar-refractivity contribution in [3.8, 4) is 0 Å². The number of hydrogen-bond donors (Lipinski definition) is 0. The van der Waals surface area contributed by atoms with E-state index in [2.05, 4.69) is 0 Å². The first-order valence-corrected chi connectivity index (χ1v) is 9.50. The van der Waals surface area contributed by atoms with E-state index in [1.54, 1.807) is 43.3 Å². The van der Waals surface area contributed by atoms with Gasteiger partial charge in [0.1, 0.15) is 18.8 Å². The number of amides is 2. The smallest absolute Gasteiger partial charge is 0.303 e. The number of carbonyl (C=O) groups is 4. The van der Waals surface area contributed by atoms with Crippen LogP contribution in [0.3, 0.4) is 0 Å². The average molecular weight is 417 g/mol. The summed E-state index contributed by atoms with van der Waals surface area (Å²) in [4.78, 5) is 48.7. The molecule has 3 rings (SSSR count). The zero-order chi connectivity index (χ0) is 21.8. The summed E-state index contributed by atoms with van der Waals surface area (Å²) in [5.74, 6) is -1.73. The molecule has 0 unspecified atom stereocenters. The van der Waals surface area contributed by atoms with Gasteiger partial charge in [-0.25, -0.2) is 0 Å². The van der Waals surface area contributed by atoms with Gasteiger partial charge in [-0.15, -0.1) is 0 Å². The van der Waals surface area contributed by atoms with E-state index in [0.29, 0.717) is 11.1 Å². The van der Waals surface area contributed by atoms with E-state index < -0.39 is 36.5 Å². The number of imide groups is 1. The maximum absolute atomic E-state index is 12.6. The SMILES string of the molecule is CC(=O)OC[C@H]1O[C@H](OC[C@H](C)N2C(=O)c3ccccc3C2=O)C=C[C@@H]1OC(C)=O. The van der Waals surface area contributed by atoms with Crippen molar-refractivity contribution in [1.29, 1.82) is 0 Å². The number of rotatable bonds is 7. The van der Waals surface area contributed by atoms with E-state index in [9.17, 15) is 19.2 Å². The standard InChI is InChI=1S/C21H23NO8/c1-12(22-20(25)15-6-4-5-7-16(15)21(22)26)10-28-19-9-8-17(29-14(3)24)18(30-19)11-27-13(2)23/h4-9,12,17-19H,10-11H2,1-3H3/t12-,17-,18+,19-/m0/s1. The largest absolute Gasteiger partial charge is 0.463 e. The van der Waals surface area contributed by atoms with Crippen LogP contribution in [0.1, 0.15) is 41.5 Å². The van der Waals surface area contributed by atoms with Crippen LogP contribution >= 0.6 is 0 Å². The fourth-order valence-electron chi connectivity index (χ4n) is 3.27. The number of benzene rings is 1. The number of hydrogen-bond acceptors (Lipinski definition) is 8. The summed E-state index contributed by atoms with van der Waals surface area (Å²) in [6, 6.07) is 6.11. The molecule has 2 heterocycles. The monoisotopic (exact) mass is 417 g/mol. The van der Waals surface area contributed by atoms with Gasteiger partial charge in [0.25, 0.3) is 11.8 Å². The van der Waals surface area contributed by atoms with Crippen molar-refractivity contribution in [2.75, 3.05) is 13.2 Å². The normalized spacial score (nSPS) is 23.8. The van der Waals surface area contributed by atoms with E-state index in [4.69, 9.17) is 18.9 Å². The van der Waals surface area contributed by atoms with Gasteiger partial charge in [0.15, 0.2) is 6.29 Å². The minimum Gasteiger partial charge on any atom is -0.463 e. The van der Waals surface area contributed by atoms with Gasteiger partial charge in [-0.05, 0) is 31.2 Å². The molecule has 9 nitrogen and oxygen atoms in total. The number of esters is 2. The molecule has 0 saturated carbocycles. The highest BCUT2D eigenvalue weighted by Gasteiger charge is 2.39. The molecule has 2 aliphatic rings. The lowest BCUT2D eigenvalue weighted by atomic mass is 10.1. The highest BCUT2D eigenvalue weighted by atomic mass is 16.7. The van der Waals surface area contributed by atoms with Crippen molar-refractivity contribution < 1.29 is 38.1 Å². The summed E-state index contributed by atoms with van der Waals surface area (Å²) in [6.07, 6.45) is 0.858. The van der Waals surface area contributed by atoms with Crippen LogP contribution in [0, 0.1) is 0 Å². The zero-order valence-corrected chi connectivity index (χ0v) is 16.9. The van der Waals surface area contributed by atoms with E-state index in [1.807, 2.05) is 0 Å². The van der Waals surface area contributed by atoms with E-state index in [1.165, 1.54) is 13.8 Å². The first-order chi connectivity index (χ1) is 14.3. The summed E-state index contributed by atoms with van der Waals surface area (Å²) in [7, 11) is 0. The predicted molar refractivity (Wildman–Crippen MR) is 102 cm³/mol. The van der Waals surface area contributed by atoms with Gasteiger partial charge < -0.3 is 18.9 Å². The Hall–Kier alpha value is -3.04. The van der Waals surface area contributed by atoms with Gasteiger partial charge in [-0.2, -0.15) is 0 Å². The molecule has 0 radical (unpaired) electrons. The molecule has 0 N–H and O–H groups in total. The van der Waals surface area contributed by atoms with Crippen molar-refractivity contribution in [2.24, 2.45) is 0 Å². The van der Waals surface area contributed by atoms with Crippen LogP contribution < -0.4 is 0 Å². The Kier molecular flexibility index (Phi) is 6.63. The second-order valence-electron chi connectivity index (χ2n) is 7.01. The lowest BCUT2D eigenvalue weighted by molar-refractivity contribution is -0.199. The van der Waals surface area contributed by atoms with Gasteiger partial charge >= 0.3 is 11.9 Å². The van der Waals surface area contributed by atoms with Crippen LogP contribution in [0.25, 0.3) is 0 Å². The first kappa shape index (κ1) is 21.7. The van der Waals surface area contributed by atoms with Crippen LogP contribution in [-0.2, 0) is 28.5 Å². The molecule has 9 heteroatoms. The first-order valence-electron chi connectivity index (χ1n) is 9.50. The second-order valence-corrected chi connectivity index (χ2v) is 7.01. The summed E-state index contributed by atoms with van der Waals surface area (Å²) in [5.41, 5.74) is 0.739. The lowest BCUT2D eigenvalue weighted by Gasteiger charge is -2.32. The molecule has 0 aliphatic carbocycles. The van der Waals surface area contributed by atoms with Gasteiger partial charge in [0.05, 0.1) is 23.8 Å².